The number of nitrogens with two attached hydrogens (primary N) is 1. The summed E-state index contributed by atoms with van der Waals surface area (Å²) in [5.74, 6) is 0.791. The third-order valence-electron chi connectivity index (χ3n) is 3.54. The van der Waals surface area contributed by atoms with E-state index in [2.05, 4.69) is 10.1 Å². The monoisotopic (exact) mass is 298 g/mol. The number of aromatic nitrogens is 3. The highest BCUT2D eigenvalue weighted by Gasteiger charge is 2.08. The van der Waals surface area contributed by atoms with Crippen molar-refractivity contribution in [1.82, 2.24) is 14.6 Å². The van der Waals surface area contributed by atoms with Gasteiger partial charge in [-0.05, 0) is 49.2 Å². The molecular formula is C16H18N4O2. The molecule has 22 heavy (non-hydrogen) atoms. The molecule has 0 spiro atoms. The first-order valence-electron chi connectivity index (χ1n) is 7.17. The average molecular weight is 298 g/mol. The van der Waals surface area contributed by atoms with Crippen LogP contribution in [0, 0.1) is 0 Å². The van der Waals surface area contributed by atoms with E-state index in [1.165, 1.54) is 4.52 Å². The summed E-state index contributed by atoms with van der Waals surface area (Å²) in [5, 5.41) is 3.08. The van der Waals surface area contributed by atoms with Crippen LogP contribution in [-0.2, 0) is 6.42 Å². The number of aryl methyl sites for hydroxylation is 1. The van der Waals surface area contributed by atoms with Gasteiger partial charge in [0, 0.05) is 17.8 Å². The maximum Gasteiger partial charge on any atom is 0.272 e. The Bertz CT molecular complexity index is 833. The molecule has 2 aromatic heterocycles. The number of methoxy groups -OCH3 is 1. The molecule has 1 aromatic carbocycles. The molecule has 3 aromatic rings. The Balaban J connectivity index is 2.01. The molecule has 0 radical (unpaired) electrons. The number of hydrogen-bond acceptors (Lipinski definition) is 4. The van der Waals surface area contributed by atoms with Crippen LogP contribution in [0.1, 0.15) is 12.1 Å². The fourth-order valence-corrected chi connectivity index (χ4v) is 2.37. The standard InChI is InChI=1S/C16H18N4O2/c1-22-13-6-4-11(5-7-13)14-10-15-18-12(3-2-8-17)9-16(21)20(15)19-14/h4-7,9-10,19H,2-3,8,17H2,1H3. The third kappa shape index (κ3) is 2.73. The zero-order valence-corrected chi connectivity index (χ0v) is 12.4. The van der Waals surface area contributed by atoms with Crippen molar-refractivity contribution in [3.63, 3.8) is 0 Å². The maximum atomic E-state index is 12.1. The smallest absolute Gasteiger partial charge is 0.272 e. The number of aromatic amines is 1. The van der Waals surface area contributed by atoms with Crippen LogP contribution in [0.15, 0.2) is 41.2 Å². The van der Waals surface area contributed by atoms with Crippen molar-refractivity contribution in [3.05, 3.63) is 52.4 Å². The molecule has 6 heteroatoms. The second kappa shape index (κ2) is 6.03. The quantitative estimate of drug-likeness (QED) is 0.749. The lowest BCUT2D eigenvalue weighted by molar-refractivity contribution is 0.415. The van der Waals surface area contributed by atoms with Crippen LogP contribution in [0.25, 0.3) is 16.9 Å². The first-order chi connectivity index (χ1) is 10.7. The Kier molecular flexibility index (Phi) is 3.93. The van der Waals surface area contributed by atoms with Crippen molar-refractivity contribution in [2.45, 2.75) is 12.8 Å². The molecule has 3 rings (SSSR count). The maximum absolute atomic E-state index is 12.1. The van der Waals surface area contributed by atoms with Gasteiger partial charge in [-0.2, -0.15) is 0 Å². The highest BCUT2D eigenvalue weighted by Crippen LogP contribution is 2.21. The van der Waals surface area contributed by atoms with E-state index < -0.39 is 0 Å². The second-order valence-electron chi connectivity index (χ2n) is 5.07. The van der Waals surface area contributed by atoms with Crippen molar-refractivity contribution in [3.8, 4) is 17.0 Å². The van der Waals surface area contributed by atoms with Gasteiger partial charge in [0.15, 0.2) is 5.65 Å². The number of hydrogen-bond donors (Lipinski definition) is 2. The van der Waals surface area contributed by atoms with Gasteiger partial charge in [-0.3, -0.25) is 9.89 Å². The minimum atomic E-state index is -0.114. The average Bonchev–Trinajstić information content (AvgIpc) is 2.97. The SMILES string of the molecule is COc1ccc(-c2cc3nc(CCCN)cc(=O)n3[nH]2)cc1. The summed E-state index contributed by atoms with van der Waals surface area (Å²) in [6, 6.07) is 11.0. The summed E-state index contributed by atoms with van der Waals surface area (Å²) in [4.78, 5) is 16.7. The van der Waals surface area contributed by atoms with Crippen molar-refractivity contribution in [1.29, 1.82) is 0 Å². The lowest BCUT2D eigenvalue weighted by atomic mass is 10.1. The highest BCUT2D eigenvalue weighted by atomic mass is 16.5. The largest absolute Gasteiger partial charge is 0.497 e. The van der Waals surface area contributed by atoms with E-state index in [1.807, 2.05) is 30.3 Å². The van der Waals surface area contributed by atoms with Gasteiger partial charge in [0.25, 0.3) is 5.56 Å². The molecule has 0 saturated heterocycles. The molecule has 114 valence electrons. The number of fused-ring (bicyclic) bond motifs is 1. The van der Waals surface area contributed by atoms with E-state index in [0.29, 0.717) is 18.6 Å². The van der Waals surface area contributed by atoms with Crippen molar-refractivity contribution >= 4 is 5.65 Å². The van der Waals surface area contributed by atoms with E-state index in [0.717, 1.165) is 29.1 Å². The third-order valence-corrected chi connectivity index (χ3v) is 3.54. The number of benzene rings is 1. The molecule has 0 atom stereocenters. The first-order valence-corrected chi connectivity index (χ1v) is 7.17. The number of rotatable bonds is 5. The summed E-state index contributed by atoms with van der Waals surface area (Å²) in [5.41, 5.74) is 8.58. The Morgan fingerprint density at radius 3 is 2.73 bits per heavy atom. The predicted octanol–water partition coefficient (Wildman–Crippen LogP) is 1.59. The Morgan fingerprint density at radius 2 is 2.05 bits per heavy atom. The van der Waals surface area contributed by atoms with Crippen LogP contribution in [0.2, 0.25) is 0 Å². The van der Waals surface area contributed by atoms with Crippen molar-refractivity contribution < 1.29 is 4.74 Å². The lowest BCUT2D eigenvalue weighted by Crippen LogP contribution is -2.16. The van der Waals surface area contributed by atoms with Crippen LogP contribution < -0.4 is 16.0 Å². The van der Waals surface area contributed by atoms with Gasteiger partial charge in [0.2, 0.25) is 0 Å². The van der Waals surface area contributed by atoms with Crippen LogP contribution in [0.5, 0.6) is 5.75 Å². The van der Waals surface area contributed by atoms with Crippen molar-refractivity contribution in [2.24, 2.45) is 5.73 Å². The topological polar surface area (TPSA) is 85.4 Å². The van der Waals surface area contributed by atoms with Crippen LogP contribution in [0.4, 0.5) is 0 Å². The fraction of sp³-hybridized carbons (Fsp3) is 0.250. The first kappa shape index (κ1) is 14.3. The van der Waals surface area contributed by atoms with Gasteiger partial charge >= 0.3 is 0 Å². The molecule has 0 saturated carbocycles. The number of nitrogens with one attached hydrogen (secondary N) is 1. The molecule has 0 aliphatic carbocycles. The van der Waals surface area contributed by atoms with E-state index in [9.17, 15) is 4.79 Å². The molecular weight excluding hydrogens is 280 g/mol. The van der Waals surface area contributed by atoms with Gasteiger partial charge in [-0.15, -0.1) is 0 Å². The van der Waals surface area contributed by atoms with Crippen LogP contribution in [-0.4, -0.2) is 28.3 Å². The number of ether oxygens (including phenoxy) is 1. The molecule has 2 heterocycles. The number of H-pyrrole nitrogens is 1. The minimum absolute atomic E-state index is 0.114. The summed E-state index contributed by atoms with van der Waals surface area (Å²) >= 11 is 0. The fourth-order valence-electron chi connectivity index (χ4n) is 2.37. The molecule has 0 aliphatic heterocycles. The summed E-state index contributed by atoms with van der Waals surface area (Å²) in [6.07, 6.45) is 1.53. The van der Waals surface area contributed by atoms with Gasteiger partial charge in [-0.25, -0.2) is 9.50 Å². The molecule has 0 unspecified atom stereocenters. The van der Waals surface area contributed by atoms with E-state index in [1.54, 1.807) is 13.2 Å². The molecule has 0 amide bonds. The zero-order valence-electron chi connectivity index (χ0n) is 12.4. The van der Waals surface area contributed by atoms with E-state index >= 15 is 0 Å². The van der Waals surface area contributed by atoms with Gasteiger partial charge < -0.3 is 10.5 Å². The van der Waals surface area contributed by atoms with Crippen LogP contribution in [0.3, 0.4) is 0 Å². The number of nitrogens with zero attached hydrogens (tertiary/aromatic N) is 2. The molecule has 0 bridgehead atoms. The van der Waals surface area contributed by atoms with Gasteiger partial charge in [0.1, 0.15) is 5.75 Å². The van der Waals surface area contributed by atoms with Gasteiger partial charge in [-0.1, -0.05) is 0 Å². The van der Waals surface area contributed by atoms with E-state index in [-0.39, 0.29) is 5.56 Å². The zero-order chi connectivity index (χ0) is 15.5. The van der Waals surface area contributed by atoms with Gasteiger partial charge in [0.05, 0.1) is 12.8 Å². The molecule has 0 fully saturated rings. The lowest BCUT2D eigenvalue weighted by Gasteiger charge is -2.00. The Morgan fingerprint density at radius 1 is 1.27 bits per heavy atom. The van der Waals surface area contributed by atoms with E-state index in [4.69, 9.17) is 10.5 Å². The predicted molar refractivity (Wildman–Crippen MR) is 85.2 cm³/mol. The minimum Gasteiger partial charge on any atom is -0.497 e. The normalized spacial score (nSPS) is 11.0. The summed E-state index contributed by atoms with van der Waals surface area (Å²) < 4.78 is 6.60. The summed E-state index contributed by atoms with van der Waals surface area (Å²) in [6.45, 7) is 0.589. The molecule has 0 aliphatic rings. The molecule has 3 N–H and O–H groups in total. The second-order valence-corrected chi connectivity index (χ2v) is 5.07. The highest BCUT2D eigenvalue weighted by molar-refractivity contribution is 5.64. The molecule has 6 nitrogen and oxygen atoms in total. The van der Waals surface area contributed by atoms with Crippen LogP contribution >= 0.6 is 0 Å². The Labute approximate surface area is 127 Å². The Hall–Kier alpha value is -2.60. The summed E-state index contributed by atoms with van der Waals surface area (Å²) in [7, 11) is 1.63. The van der Waals surface area contributed by atoms with Crippen molar-refractivity contribution in [2.75, 3.05) is 13.7 Å².